The van der Waals surface area contributed by atoms with E-state index in [1.54, 1.807) is 6.20 Å². The molecule has 0 radical (unpaired) electrons. The zero-order chi connectivity index (χ0) is 17.8. The monoisotopic (exact) mass is 360 g/mol. The third-order valence-electron chi connectivity index (χ3n) is 5.85. The average Bonchev–Trinajstić information content (AvgIpc) is 2.67. The number of carbonyl (C=O) groups excluding carboxylic acids is 1. The summed E-state index contributed by atoms with van der Waals surface area (Å²) < 4.78 is 17.2. The van der Waals surface area contributed by atoms with Gasteiger partial charge in [0.15, 0.2) is 0 Å². The van der Waals surface area contributed by atoms with Gasteiger partial charge >= 0.3 is 0 Å². The average molecular weight is 360 g/mol. The quantitative estimate of drug-likeness (QED) is 0.806. The van der Waals surface area contributed by atoms with Crippen LogP contribution in [0.4, 0.5) is 0 Å². The van der Waals surface area contributed by atoms with Crippen molar-refractivity contribution >= 4 is 5.91 Å². The number of aromatic nitrogens is 1. The maximum absolute atomic E-state index is 12.6. The number of ether oxygens (including phenoxy) is 3. The van der Waals surface area contributed by atoms with Crippen molar-refractivity contribution in [1.82, 2.24) is 9.88 Å². The Bertz CT molecular complexity index is 597. The summed E-state index contributed by atoms with van der Waals surface area (Å²) in [6.45, 7) is 4.39. The molecule has 1 amide bonds. The number of nitrogens with zero attached hydrogens (tertiary/aromatic N) is 2. The maximum Gasteiger partial charge on any atom is 0.226 e. The van der Waals surface area contributed by atoms with Crippen LogP contribution >= 0.6 is 0 Å². The van der Waals surface area contributed by atoms with Gasteiger partial charge in [0.25, 0.3) is 0 Å². The predicted molar refractivity (Wildman–Crippen MR) is 95.9 cm³/mol. The van der Waals surface area contributed by atoms with E-state index >= 15 is 0 Å². The third-order valence-corrected chi connectivity index (χ3v) is 5.85. The van der Waals surface area contributed by atoms with Crippen molar-refractivity contribution in [2.24, 2.45) is 11.8 Å². The molecule has 3 fully saturated rings. The number of hydrogen-bond acceptors (Lipinski definition) is 5. The van der Waals surface area contributed by atoms with Gasteiger partial charge in [-0.3, -0.25) is 4.79 Å². The molecule has 1 aromatic heterocycles. The van der Waals surface area contributed by atoms with Gasteiger partial charge < -0.3 is 19.1 Å². The summed E-state index contributed by atoms with van der Waals surface area (Å²) >= 11 is 0. The molecule has 1 atom stereocenters. The highest BCUT2D eigenvalue weighted by Gasteiger charge is 2.50. The number of pyridine rings is 1. The first-order valence-corrected chi connectivity index (χ1v) is 9.78. The number of likely N-dealkylation sites (tertiary alicyclic amines) is 1. The zero-order valence-corrected chi connectivity index (χ0v) is 15.3. The molecule has 6 heteroatoms. The Hall–Kier alpha value is -1.66. The lowest BCUT2D eigenvalue weighted by molar-refractivity contribution is -0.192. The highest BCUT2D eigenvalue weighted by Crippen LogP contribution is 2.39. The van der Waals surface area contributed by atoms with Crippen LogP contribution in [0.1, 0.15) is 32.1 Å². The number of hydrogen-bond donors (Lipinski definition) is 0. The van der Waals surface area contributed by atoms with Crippen molar-refractivity contribution in [3.63, 3.8) is 0 Å². The standard InChI is InChI=1S/C20H28N2O4/c23-19(17-6-9-24-10-7-17)22-14-20(15-22)13-16(5-12-26-20)4-11-25-18-3-1-2-8-21-18/h1-3,8,16-17H,4-7,9-15H2. The fourth-order valence-electron chi connectivity index (χ4n) is 4.37. The molecule has 0 saturated carbocycles. The van der Waals surface area contributed by atoms with Crippen LogP contribution in [0, 0.1) is 11.8 Å². The normalized spacial score (nSPS) is 25.7. The van der Waals surface area contributed by atoms with Gasteiger partial charge in [-0.05, 0) is 44.1 Å². The lowest BCUT2D eigenvalue weighted by atomic mass is 9.78. The fourth-order valence-corrected chi connectivity index (χ4v) is 4.37. The van der Waals surface area contributed by atoms with Crippen molar-refractivity contribution in [1.29, 1.82) is 0 Å². The topological polar surface area (TPSA) is 60.9 Å². The van der Waals surface area contributed by atoms with Crippen molar-refractivity contribution < 1.29 is 19.0 Å². The van der Waals surface area contributed by atoms with Crippen molar-refractivity contribution in [2.45, 2.75) is 37.7 Å². The maximum atomic E-state index is 12.6. The minimum absolute atomic E-state index is 0.116. The van der Waals surface area contributed by atoms with Crippen molar-refractivity contribution in [2.75, 3.05) is 39.5 Å². The molecule has 0 bridgehead atoms. The molecule has 4 heterocycles. The van der Waals surface area contributed by atoms with Gasteiger partial charge in [0.1, 0.15) is 5.60 Å². The molecule has 1 aromatic rings. The molecule has 142 valence electrons. The van der Waals surface area contributed by atoms with Crippen LogP contribution in [0.5, 0.6) is 5.88 Å². The van der Waals surface area contributed by atoms with E-state index in [1.165, 1.54) is 0 Å². The first-order chi connectivity index (χ1) is 12.7. The molecule has 1 spiro atoms. The lowest BCUT2D eigenvalue weighted by Crippen LogP contribution is -2.67. The minimum atomic E-state index is -0.116. The molecule has 0 N–H and O–H groups in total. The molecule has 3 aliphatic heterocycles. The van der Waals surface area contributed by atoms with Crippen LogP contribution in [-0.4, -0.2) is 60.9 Å². The minimum Gasteiger partial charge on any atom is -0.478 e. The summed E-state index contributed by atoms with van der Waals surface area (Å²) in [6, 6.07) is 5.71. The summed E-state index contributed by atoms with van der Waals surface area (Å²) in [5.41, 5.74) is -0.116. The van der Waals surface area contributed by atoms with Gasteiger partial charge in [0.05, 0.1) is 19.7 Å². The van der Waals surface area contributed by atoms with Gasteiger partial charge in [-0.1, -0.05) is 6.07 Å². The van der Waals surface area contributed by atoms with Gasteiger partial charge in [0, 0.05) is 38.0 Å². The summed E-state index contributed by atoms with van der Waals surface area (Å²) in [6.07, 6.45) is 6.57. The van der Waals surface area contributed by atoms with Crippen LogP contribution in [0.25, 0.3) is 0 Å². The highest BCUT2D eigenvalue weighted by atomic mass is 16.5. The first-order valence-electron chi connectivity index (χ1n) is 9.78. The molecular weight excluding hydrogens is 332 g/mol. The van der Waals surface area contributed by atoms with E-state index in [2.05, 4.69) is 4.98 Å². The molecule has 26 heavy (non-hydrogen) atoms. The van der Waals surface area contributed by atoms with Crippen LogP contribution in [-0.2, 0) is 14.3 Å². The molecule has 0 aliphatic carbocycles. The Morgan fingerprint density at radius 1 is 1.23 bits per heavy atom. The third kappa shape index (κ3) is 4.01. The number of rotatable bonds is 5. The molecular formula is C20H28N2O4. The zero-order valence-electron chi connectivity index (χ0n) is 15.3. The molecule has 3 aliphatic rings. The second-order valence-electron chi connectivity index (χ2n) is 7.78. The molecule has 1 unspecified atom stereocenters. The summed E-state index contributed by atoms with van der Waals surface area (Å²) in [7, 11) is 0. The SMILES string of the molecule is O=C(C1CCOCC1)N1CC2(CC(CCOc3ccccn3)CCO2)C1. The van der Waals surface area contributed by atoms with E-state index in [1.807, 2.05) is 23.1 Å². The Morgan fingerprint density at radius 2 is 2.08 bits per heavy atom. The Balaban J connectivity index is 1.22. The van der Waals surface area contributed by atoms with E-state index in [9.17, 15) is 4.79 Å². The Kier molecular flexibility index (Phi) is 5.41. The van der Waals surface area contributed by atoms with Crippen LogP contribution < -0.4 is 4.74 Å². The van der Waals surface area contributed by atoms with Crippen molar-refractivity contribution in [3.05, 3.63) is 24.4 Å². The Labute approximate surface area is 154 Å². The van der Waals surface area contributed by atoms with E-state index in [0.29, 0.717) is 37.5 Å². The van der Waals surface area contributed by atoms with E-state index in [-0.39, 0.29) is 11.5 Å². The van der Waals surface area contributed by atoms with Gasteiger partial charge in [-0.25, -0.2) is 4.98 Å². The van der Waals surface area contributed by atoms with Gasteiger partial charge in [0.2, 0.25) is 11.8 Å². The summed E-state index contributed by atoms with van der Waals surface area (Å²) in [4.78, 5) is 18.8. The molecule has 6 nitrogen and oxygen atoms in total. The highest BCUT2D eigenvalue weighted by molar-refractivity contribution is 5.80. The second kappa shape index (κ2) is 7.92. The largest absolute Gasteiger partial charge is 0.478 e. The number of amides is 1. The lowest BCUT2D eigenvalue weighted by Gasteiger charge is -2.54. The second-order valence-corrected chi connectivity index (χ2v) is 7.78. The number of carbonyl (C=O) groups is 1. The molecule has 0 aromatic carbocycles. The van der Waals surface area contributed by atoms with Crippen LogP contribution in [0.3, 0.4) is 0 Å². The van der Waals surface area contributed by atoms with Crippen molar-refractivity contribution in [3.8, 4) is 5.88 Å². The van der Waals surface area contributed by atoms with E-state index in [0.717, 1.165) is 51.8 Å². The van der Waals surface area contributed by atoms with Crippen LogP contribution in [0.2, 0.25) is 0 Å². The molecule has 3 saturated heterocycles. The Morgan fingerprint density at radius 3 is 2.85 bits per heavy atom. The smallest absolute Gasteiger partial charge is 0.226 e. The van der Waals surface area contributed by atoms with Gasteiger partial charge in [-0.2, -0.15) is 0 Å². The van der Waals surface area contributed by atoms with E-state index < -0.39 is 0 Å². The van der Waals surface area contributed by atoms with Crippen LogP contribution in [0.15, 0.2) is 24.4 Å². The first kappa shape index (κ1) is 17.7. The summed E-state index contributed by atoms with van der Waals surface area (Å²) in [5, 5.41) is 0. The predicted octanol–water partition coefficient (Wildman–Crippen LogP) is 2.28. The van der Waals surface area contributed by atoms with Gasteiger partial charge in [-0.15, -0.1) is 0 Å². The molecule has 4 rings (SSSR count). The fraction of sp³-hybridized carbons (Fsp3) is 0.700. The summed E-state index contributed by atoms with van der Waals surface area (Å²) in [5.74, 6) is 1.72. The van der Waals surface area contributed by atoms with E-state index in [4.69, 9.17) is 14.2 Å².